The second kappa shape index (κ2) is 8.01. The molecule has 0 unspecified atom stereocenters. The summed E-state index contributed by atoms with van der Waals surface area (Å²) in [5, 5.41) is 5.98. The van der Waals surface area contributed by atoms with Gasteiger partial charge in [0.1, 0.15) is 0 Å². The fourth-order valence-electron chi connectivity index (χ4n) is 1.02. The molecule has 0 aliphatic rings. The Morgan fingerprint density at radius 3 is 2.54 bits per heavy atom. The third kappa shape index (κ3) is 7.74. The monoisotopic (exact) mass is 187 g/mol. The highest BCUT2D eigenvalue weighted by molar-refractivity contribution is 5.77. The topological polar surface area (TPSA) is 44.4 Å². The molecule has 4 heteroatoms. The van der Waals surface area contributed by atoms with E-state index in [1.54, 1.807) is 0 Å². The first-order valence-electron chi connectivity index (χ1n) is 4.86. The third-order valence-electron chi connectivity index (χ3n) is 1.71. The summed E-state index contributed by atoms with van der Waals surface area (Å²) in [5.74, 6) is 0.0986. The zero-order valence-electron chi connectivity index (χ0n) is 8.89. The predicted molar refractivity (Wildman–Crippen MR) is 54.7 cm³/mol. The fourth-order valence-corrected chi connectivity index (χ4v) is 1.02. The molecule has 0 heterocycles. The second-order valence-corrected chi connectivity index (χ2v) is 3.04. The van der Waals surface area contributed by atoms with Crippen LogP contribution in [0.25, 0.3) is 0 Å². The molecular weight excluding hydrogens is 166 g/mol. The van der Waals surface area contributed by atoms with Gasteiger partial charge in [0, 0.05) is 19.6 Å². The van der Waals surface area contributed by atoms with E-state index in [-0.39, 0.29) is 5.91 Å². The van der Waals surface area contributed by atoms with Crippen molar-refractivity contribution in [3.8, 4) is 0 Å². The van der Waals surface area contributed by atoms with Crippen LogP contribution in [-0.4, -0.2) is 50.6 Å². The van der Waals surface area contributed by atoms with Crippen LogP contribution in [0.4, 0.5) is 0 Å². The summed E-state index contributed by atoms with van der Waals surface area (Å²) in [7, 11) is 1.95. The Morgan fingerprint density at radius 2 is 2.00 bits per heavy atom. The number of rotatable bonds is 7. The molecule has 0 fully saturated rings. The van der Waals surface area contributed by atoms with Crippen LogP contribution in [0.1, 0.15) is 13.8 Å². The molecule has 0 aromatic rings. The number of likely N-dealkylation sites (N-methyl/N-ethyl adjacent to an activating group) is 3. The lowest BCUT2D eigenvalue weighted by Gasteiger charge is -2.15. The van der Waals surface area contributed by atoms with E-state index in [9.17, 15) is 4.79 Å². The molecule has 0 aromatic carbocycles. The lowest BCUT2D eigenvalue weighted by molar-refractivity contribution is -0.121. The Morgan fingerprint density at radius 1 is 1.31 bits per heavy atom. The van der Waals surface area contributed by atoms with E-state index in [1.807, 2.05) is 18.9 Å². The molecule has 0 rings (SSSR count). The minimum absolute atomic E-state index is 0.0986. The number of nitrogens with one attached hydrogen (secondary N) is 2. The summed E-state index contributed by atoms with van der Waals surface area (Å²) in [6.45, 7) is 8.02. The SMILES string of the molecule is CCNCCN(C)CC(=O)NCC. The van der Waals surface area contributed by atoms with Crippen molar-refractivity contribution in [1.29, 1.82) is 0 Å². The van der Waals surface area contributed by atoms with Gasteiger partial charge in [0.05, 0.1) is 6.54 Å². The van der Waals surface area contributed by atoms with E-state index in [4.69, 9.17) is 0 Å². The van der Waals surface area contributed by atoms with Crippen molar-refractivity contribution in [3.63, 3.8) is 0 Å². The van der Waals surface area contributed by atoms with Gasteiger partial charge in [-0.1, -0.05) is 6.92 Å². The molecule has 0 atom stereocenters. The van der Waals surface area contributed by atoms with Crippen LogP contribution in [-0.2, 0) is 4.79 Å². The first-order chi connectivity index (χ1) is 6.20. The maximum Gasteiger partial charge on any atom is 0.234 e. The van der Waals surface area contributed by atoms with Gasteiger partial charge in [0.25, 0.3) is 0 Å². The predicted octanol–water partition coefficient (Wildman–Crippen LogP) is -0.336. The fraction of sp³-hybridized carbons (Fsp3) is 0.889. The molecule has 78 valence electrons. The van der Waals surface area contributed by atoms with Crippen LogP contribution < -0.4 is 10.6 Å². The standard InChI is InChI=1S/C9H21N3O/c1-4-10-6-7-12(3)8-9(13)11-5-2/h10H,4-8H2,1-3H3,(H,11,13). The van der Waals surface area contributed by atoms with E-state index >= 15 is 0 Å². The van der Waals surface area contributed by atoms with Gasteiger partial charge in [-0.3, -0.25) is 9.69 Å². The molecule has 0 bridgehead atoms. The second-order valence-electron chi connectivity index (χ2n) is 3.04. The molecular formula is C9H21N3O. The first kappa shape index (κ1) is 12.4. The lowest BCUT2D eigenvalue weighted by atomic mass is 10.4. The lowest BCUT2D eigenvalue weighted by Crippen LogP contribution is -2.38. The van der Waals surface area contributed by atoms with Gasteiger partial charge < -0.3 is 10.6 Å². The molecule has 0 aliphatic carbocycles. The third-order valence-corrected chi connectivity index (χ3v) is 1.71. The van der Waals surface area contributed by atoms with Crippen molar-refractivity contribution in [2.24, 2.45) is 0 Å². The first-order valence-corrected chi connectivity index (χ1v) is 4.86. The quantitative estimate of drug-likeness (QED) is 0.536. The summed E-state index contributed by atoms with van der Waals surface area (Å²) in [6, 6.07) is 0. The zero-order valence-corrected chi connectivity index (χ0v) is 8.89. The van der Waals surface area contributed by atoms with E-state index in [0.717, 1.165) is 19.6 Å². The van der Waals surface area contributed by atoms with Crippen molar-refractivity contribution in [2.45, 2.75) is 13.8 Å². The molecule has 0 aliphatic heterocycles. The molecule has 13 heavy (non-hydrogen) atoms. The number of amides is 1. The van der Waals surface area contributed by atoms with Crippen LogP contribution in [0.2, 0.25) is 0 Å². The smallest absolute Gasteiger partial charge is 0.234 e. The minimum atomic E-state index is 0.0986. The van der Waals surface area contributed by atoms with Gasteiger partial charge in [-0.15, -0.1) is 0 Å². The molecule has 4 nitrogen and oxygen atoms in total. The van der Waals surface area contributed by atoms with Gasteiger partial charge >= 0.3 is 0 Å². The number of hydrogen-bond acceptors (Lipinski definition) is 3. The van der Waals surface area contributed by atoms with Crippen molar-refractivity contribution < 1.29 is 4.79 Å². The average Bonchev–Trinajstić information content (AvgIpc) is 2.05. The van der Waals surface area contributed by atoms with Crippen LogP contribution in [0, 0.1) is 0 Å². The molecule has 1 amide bonds. The highest BCUT2D eigenvalue weighted by atomic mass is 16.1. The van der Waals surface area contributed by atoms with Crippen LogP contribution in [0.5, 0.6) is 0 Å². The minimum Gasteiger partial charge on any atom is -0.355 e. The molecule has 0 spiro atoms. The van der Waals surface area contributed by atoms with Gasteiger partial charge in [0.2, 0.25) is 5.91 Å². The van der Waals surface area contributed by atoms with Gasteiger partial charge in [0.15, 0.2) is 0 Å². The number of nitrogens with zero attached hydrogens (tertiary/aromatic N) is 1. The van der Waals surface area contributed by atoms with E-state index in [0.29, 0.717) is 13.1 Å². The normalized spacial score (nSPS) is 10.5. The largest absolute Gasteiger partial charge is 0.355 e. The Kier molecular flexibility index (Phi) is 7.63. The van der Waals surface area contributed by atoms with Crippen molar-refractivity contribution in [3.05, 3.63) is 0 Å². The highest BCUT2D eigenvalue weighted by Gasteiger charge is 2.03. The molecule has 2 N–H and O–H groups in total. The van der Waals surface area contributed by atoms with Crippen LogP contribution in [0.3, 0.4) is 0 Å². The molecule has 0 radical (unpaired) electrons. The average molecular weight is 187 g/mol. The van der Waals surface area contributed by atoms with Crippen LogP contribution in [0.15, 0.2) is 0 Å². The van der Waals surface area contributed by atoms with Crippen molar-refractivity contribution in [1.82, 2.24) is 15.5 Å². The van der Waals surface area contributed by atoms with Crippen LogP contribution >= 0.6 is 0 Å². The highest BCUT2D eigenvalue weighted by Crippen LogP contribution is 1.80. The van der Waals surface area contributed by atoms with E-state index < -0.39 is 0 Å². The summed E-state index contributed by atoms with van der Waals surface area (Å²) < 4.78 is 0. The summed E-state index contributed by atoms with van der Waals surface area (Å²) in [5.41, 5.74) is 0. The van der Waals surface area contributed by atoms with Gasteiger partial charge in [-0.25, -0.2) is 0 Å². The Bertz CT molecular complexity index is 139. The maximum atomic E-state index is 11.1. The van der Waals surface area contributed by atoms with Crippen molar-refractivity contribution in [2.75, 3.05) is 39.8 Å². The Balaban J connectivity index is 3.38. The van der Waals surface area contributed by atoms with Gasteiger partial charge in [-0.2, -0.15) is 0 Å². The van der Waals surface area contributed by atoms with Crippen molar-refractivity contribution >= 4 is 5.91 Å². The zero-order chi connectivity index (χ0) is 10.1. The van der Waals surface area contributed by atoms with Gasteiger partial charge in [-0.05, 0) is 20.5 Å². The number of carbonyl (C=O) groups is 1. The Hall–Kier alpha value is -0.610. The van der Waals surface area contributed by atoms with E-state index in [1.165, 1.54) is 0 Å². The molecule has 0 aromatic heterocycles. The number of carbonyl (C=O) groups excluding carboxylic acids is 1. The maximum absolute atomic E-state index is 11.1. The number of hydrogen-bond donors (Lipinski definition) is 2. The Labute approximate surface area is 80.7 Å². The summed E-state index contributed by atoms with van der Waals surface area (Å²) in [4.78, 5) is 13.1. The molecule has 0 saturated heterocycles. The summed E-state index contributed by atoms with van der Waals surface area (Å²) >= 11 is 0. The van der Waals surface area contributed by atoms with E-state index in [2.05, 4.69) is 17.6 Å². The summed E-state index contributed by atoms with van der Waals surface area (Å²) in [6.07, 6.45) is 0. The molecule has 0 saturated carbocycles.